The molecule has 0 radical (unpaired) electrons. The predicted molar refractivity (Wildman–Crippen MR) is 67.7 cm³/mol. The fourth-order valence-electron chi connectivity index (χ4n) is 2.28. The van der Waals surface area contributed by atoms with Gasteiger partial charge in [0, 0.05) is 26.2 Å². The number of hydrogen-bond acceptors (Lipinski definition) is 4. The second-order valence-corrected chi connectivity index (χ2v) is 5.00. The van der Waals surface area contributed by atoms with Crippen LogP contribution in [0.4, 0.5) is 0 Å². The van der Waals surface area contributed by atoms with Crippen LogP contribution in [0.1, 0.15) is 27.2 Å². The van der Waals surface area contributed by atoms with Crippen molar-refractivity contribution in [3.05, 3.63) is 0 Å². The quantitative estimate of drug-likeness (QED) is 0.710. The molecule has 17 heavy (non-hydrogen) atoms. The third-order valence-electron chi connectivity index (χ3n) is 3.19. The van der Waals surface area contributed by atoms with Crippen molar-refractivity contribution >= 4 is 5.91 Å². The van der Waals surface area contributed by atoms with Crippen LogP contribution in [-0.2, 0) is 9.53 Å². The van der Waals surface area contributed by atoms with E-state index in [0.29, 0.717) is 6.54 Å². The summed E-state index contributed by atoms with van der Waals surface area (Å²) in [5.74, 6) is -0.294. The second kappa shape index (κ2) is 6.33. The van der Waals surface area contributed by atoms with E-state index in [1.807, 2.05) is 13.8 Å². The number of carbonyl (C=O) groups excluding carboxylic acids is 1. The number of nitrogens with zero attached hydrogens (tertiary/aromatic N) is 1. The lowest BCUT2D eigenvalue weighted by atomic mass is 10.0. The van der Waals surface area contributed by atoms with Crippen LogP contribution in [0.3, 0.4) is 0 Å². The maximum absolute atomic E-state index is 11.6. The van der Waals surface area contributed by atoms with E-state index in [1.54, 1.807) is 0 Å². The number of likely N-dealkylation sites (N-methyl/N-ethyl adjacent to an activating group) is 1. The molecule has 0 spiro atoms. The van der Waals surface area contributed by atoms with E-state index in [2.05, 4.69) is 17.1 Å². The molecule has 0 aromatic carbocycles. The molecular weight excluding hydrogens is 218 g/mol. The highest BCUT2D eigenvalue weighted by Crippen LogP contribution is 2.11. The van der Waals surface area contributed by atoms with Crippen LogP contribution in [-0.4, -0.2) is 55.2 Å². The summed E-state index contributed by atoms with van der Waals surface area (Å²) in [6, 6.07) is 0. The van der Waals surface area contributed by atoms with E-state index >= 15 is 0 Å². The van der Waals surface area contributed by atoms with Gasteiger partial charge in [-0.3, -0.25) is 9.69 Å². The Kier molecular flexibility index (Phi) is 5.36. The van der Waals surface area contributed by atoms with Crippen molar-refractivity contribution in [3.63, 3.8) is 0 Å². The molecule has 0 bridgehead atoms. The Bertz CT molecular complexity index is 260. The van der Waals surface area contributed by atoms with Crippen LogP contribution in [0.5, 0.6) is 0 Å². The summed E-state index contributed by atoms with van der Waals surface area (Å²) in [6.45, 7) is 9.90. The normalized spacial score (nSPS) is 26.2. The van der Waals surface area contributed by atoms with Crippen LogP contribution in [0.25, 0.3) is 0 Å². The van der Waals surface area contributed by atoms with E-state index in [1.165, 1.54) is 0 Å². The first-order valence-electron chi connectivity index (χ1n) is 6.37. The molecule has 1 aliphatic rings. The maximum atomic E-state index is 11.6. The van der Waals surface area contributed by atoms with E-state index in [4.69, 9.17) is 10.5 Å². The molecule has 100 valence electrons. The molecule has 0 aliphatic carbocycles. The third-order valence-corrected chi connectivity index (χ3v) is 3.19. The van der Waals surface area contributed by atoms with E-state index in [0.717, 1.165) is 32.7 Å². The standard InChI is InChI=1S/C12H25N3O2/c1-4-14-12(3,11(13)16)9-15-6-5-7-17-10(2)8-15/h10,14H,4-9H2,1-3H3,(H2,13,16). The molecule has 1 rings (SSSR count). The fourth-order valence-corrected chi connectivity index (χ4v) is 2.28. The van der Waals surface area contributed by atoms with Crippen LogP contribution in [0, 0.1) is 0 Å². The Labute approximate surface area is 104 Å². The van der Waals surface area contributed by atoms with Gasteiger partial charge in [-0.2, -0.15) is 0 Å². The van der Waals surface area contributed by atoms with Gasteiger partial charge >= 0.3 is 0 Å². The average Bonchev–Trinajstić information content (AvgIpc) is 2.42. The highest BCUT2D eigenvalue weighted by molar-refractivity contribution is 5.84. The summed E-state index contributed by atoms with van der Waals surface area (Å²) in [5, 5.41) is 3.18. The summed E-state index contributed by atoms with van der Waals surface area (Å²) < 4.78 is 5.59. The third kappa shape index (κ3) is 4.26. The van der Waals surface area contributed by atoms with Gasteiger partial charge in [-0.15, -0.1) is 0 Å². The van der Waals surface area contributed by atoms with Gasteiger partial charge in [-0.1, -0.05) is 6.92 Å². The predicted octanol–water partition coefficient (Wildman–Crippen LogP) is -0.0493. The Hall–Kier alpha value is -0.650. The zero-order valence-electron chi connectivity index (χ0n) is 11.2. The number of ether oxygens (including phenoxy) is 1. The van der Waals surface area contributed by atoms with Crippen molar-refractivity contribution in [1.29, 1.82) is 0 Å². The van der Waals surface area contributed by atoms with Crippen LogP contribution < -0.4 is 11.1 Å². The monoisotopic (exact) mass is 243 g/mol. The first kappa shape index (κ1) is 14.4. The van der Waals surface area contributed by atoms with Gasteiger partial charge in [0.1, 0.15) is 5.54 Å². The lowest BCUT2D eigenvalue weighted by Gasteiger charge is -2.33. The second-order valence-electron chi connectivity index (χ2n) is 5.00. The first-order valence-corrected chi connectivity index (χ1v) is 6.37. The van der Waals surface area contributed by atoms with Crippen LogP contribution >= 0.6 is 0 Å². The van der Waals surface area contributed by atoms with Crippen molar-refractivity contribution in [2.45, 2.75) is 38.8 Å². The minimum absolute atomic E-state index is 0.219. The number of primary amides is 1. The highest BCUT2D eigenvalue weighted by Gasteiger charge is 2.33. The summed E-state index contributed by atoms with van der Waals surface area (Å²) >= 11 is 0. The van der Waals surface area contributed by atoms with Crippen LogP contribution in [0.15, 0.2) is 0 Å². The van der Waals surface area contributed by atoms with Gasteiger partial charge in [-0.05, 0) is 26.8 Å². The SMILES string of the molecule is CCNC(C)(CN1CCCOC(C)C1)C(N)=O. The van der Waals surface area contributed by atoms with E-state index < -0.39 is 5.54 Å². The number of nitrogens with two attached hydrogens (primary N) is 1. The van der Waals surface area contributed by atoms with Gasteiger partial charge in [-0.25, -0.2) is 0 Å². The van der Waals surface area contributed by atoms with Crippen molar-refractivity contribution in [2.24, 2.45) is 5.73 Å². The molecule has 0 saturated carbocycles. The molecule has 1 saturated heterocycles. The molecule has 2 unspecified atom stereocenters. The lowest BCUT2D eigenvalue weighted by molar-refractivity contribution is -0.124. The largest absolute Gasteiger partial charge is 0.377 e. The molecule has 0 aromatic heterocycles. The molecule has 3 N–H and O–H groups in total. The Morgan fingerprint density at radius 3 is 2.94 bits per heavy atom. The Morgan fingerprint density at radius 2 is 2.35 bits per heavy atom. The fraction of sp³-hybridized carbons (Fsp3) is 0.917. The zero-order valence-corrected chi connectivity index (χ0v) is 11.2. The molecule has 2 atom stereocenters. The van der Waals surface area contributed by atoms with E-state index in [-0.39, 0.29) is 12.0 Å². The number of rotatable bonds is 5. The van der Waals surface area contributed by atoms with Gasteiger partial charge in [0.05, 0.1) is 6.10 Å². The molecule has 5 nitrogen and oxygen atoms in total. The molecule has 0 aromatic rings. The highest BCUT2D eigenvalue weighted by atomic mass is 16.5. The molecule has 1 aliphatic heterocycles. The summed E-state index contributed by atoms with van der Waals surface area (Å²) in [4.78, 5) is 13.8. The van der Waals surface area contributed by atoms with Gasteiger partial charge in [0.2, 0.25) is 5.91 Å². The molecule has 1 fully saturated rings. The maximum Gasteiger partial charge on any atom is 0.238 e. The Morgan fingerprint density at radius 1 is 1.65 bits per heavy atom. The topological polar surface area (TPSA) is 67.6 Å². The van der Waals surface area contributed by atoms with Crippen molar-refractivity contribution in [1.82, 2.24) is 10.2 Å². The summed E-state index contributed by atoms with van der Waals surface area (Å²) in [5.41, 5.74) is 4.83. The van der Waals surface area contributed by atoms with E-state index in [9.17, 15) is 4.79 Å². The zero-order chi connectivity index (χ0) is 12.9. The van der Waals surface area contributed by atoms with Gasteiger partial charge in [0.25, 0.3) is 0 Å². The van der Waals surface area contributed by atoms with Gasteiger partial charge < -0.3 is 15.8 Å². The molecule has 1 heterocycles. The van der Waals surface area contributed by atoms with Crippen molar-refractivity contribution in [3.8, 4) is 0 Å². The van der Waals surface area contributed by atoms with Crippen molar-refractivity contribution < 1.29 is 9.53 Å². The molecule has 5 heteroatoms. The number of nitrogens with one attached hydrogen (secondary N) is 1. The van der Waals surface area contributed by atoms with Gasteiger partial charge in [0.15, 0.2) is 0 Å². The summed E-state index contributed by atoms with van der Waals surface area (Å²) in [6.07, 6.45) is 1.22. The average molecular weight is 243 g/mol. The van der Waals surface area contributed by atoms with Crippen molar-refractivity contribution in [2.75, 3.05) is 32.8 Å². The number of amides is 1. The number of carbonyl (C=O) groups is 1. The van der Waals surface area contributed by atoms with Crippen LogP contribution in [0.2, 0.25) is 0 Å². The smallest absolute Gasteiger partial charge is 0.238 e. The summed E-state index contributed by atoms with van der Waals surface area (Å²) in [7, 11) is 0. The molecule has 1 amide bonds. The Balaban J connectivity index is 2.62. The minimum Gasteiger partial charge on any atom is -0.377 e. The lowest BCUT2D eigenvalue weighted by Crippen LogP contribution is -2.60. The minimum atomic E-state index is -0.654. The first-order chi connectivity index (χ1) is 7.98. The molecular formula is C12H25N3O2. The number of hydrogen-bond donors (Lipinski definition) is 2.